The fraction of sp³-hybridized carbons (Fsp3) is 0.300. The van der Waals surface area contributed by atoms with Gasteiger partial charge in [0.05, 0.1) is 22.4 Å². The summed E-state index contributed by atoms with van der Waals surface area (Å²) in [6, 6.07) is 6.31. The number of aromatic nitrogens is 2. The Morgan fingerprint density at radius 2 is 2.04 bits per heavy atom. The highest BCUT2D eigenvalue weighted by Crippen LogP contribution is 2.36. The predicted molar refractivity (Wildman–Crippen MR) is 103 cm³/mol. The van der Waals surface area contributed by atoms with Gasteiger partial charge >= 0.3 is 0 Å². The Bertz CT molecular complexity index is 981. The van der Waals surface area contributed by atoms with Crippen LogP contribution in [-0.4, -0.2) is 21.8 Å². The zero-order valence-electron chi connectivity index (χ0n) is 15.3. The molecule has 0 bridgehead atoms. The number of pyridine rings is 1. The maximum atomic E-state index is 14.0. The van der Waals surface area contributed by atoms with Crippen molar-refractivity contribution in [2.75, 3.05) is 11.4 Å². The summed E-state index contributed by atoms with van der Waals surface area (Å²) in [4.78, 5) is 18.6. The van der Waals surface area contributed by atoms with Crippen molar-refractivity contribution in [3.8, 4) is 11.1 Å². The van der Waals surface area contributed by atoms with E-state index in [1.807, 2.05) is 38.2 Å². The Morgan fingerprint density at radius 3 is 2.69 bits per heavy atom. The SMILES string of the molecule is CCN(C(=O)C(C)C)c1cc(F)ccc1-c1cc(Cl)cn2c(C)ncc12. The fourth-order valence-electron chi connectivity index (χ4n) is 3.12. The first kappa shape index (κ1) is 18.4. The molecular weight excluding hydrogens is 353 g/mol. The van der Waals surface area contributed by atoms with Crippen LogP contribution in [0.5, 0.6) is 0 Å². The van der Waals surface area contributed by atoms with Crippen LogP contribution in [-0.2, 0) is 4.79 Å². The highest BCUT2D eigenvalue weighted by atomic mass is 35.5. The van der Waals surface area contributed by atoms with Crippen LogP contribution >= 0.6 is 11.6 Å². The highest BCUT2D eigenvalue weighted by molar-refractivity contribution is 6.31. The molecule has 0 N–H and O–H groups in total. The van der Waals surface area contributed by atoms with E-state index in [9.17, 15) is 9.18 Å². The lowest BCUT2D eigenvalue weighted by Gasteiger charge is -2.26. The lowest BCUT2D eigenvalue weighted by Crippen LogP contribution is -2.34. The van der Waals surface area contributed by atoms with E-state index >= 15 is 0 Å². The lowest BCUT2D eigenvalue weighted by molar-refractivity contribution is -0.121. The number of carbonyl (C=O) groups excluding carboxylic acids is 1. The smallest absolute Gasteiger partial charge is 0.229 e. The maximum Gasteiger partial charge on any atom is 0.229 e. The second kappa shape index (κ2) is 7.08. The molecule has 0 spiro atoms. The molecule has 6 heteroatoms. The number of rotatable bonds is 4. The van der Waals surface area contributed by atoms with Gasteiger partial charge in [-0.05, 0) is 38.1 Å². The molecule has 0 unspecified atom stereocenters. The zero-order chi connectivity index (χ0) is 19.0. The van der Waals surface area contributed by atoms with Crippen LogP contribution in [0.4, 0.5) is 10.1 Å². The molecular formula is C20H21ClFN3O. The first-order valence-electron chi connectivity index (χ1n) is 8.58. The molecule has 26 heavy (non-hydrogen) atoms. The van der Waals surface area contributed by atoms with Crippen LogP contribution in [0.2, 0.25) is 5.02 Å². The van der Waals surface area contributed by atoms with E-state index in [0.717, 1.165) is 22.5 Å². The number of nitrogens with zero attached hydrogens (tertiary/aromatic N) is 3. The fourth-order valence-corrected chi connectivity index (χ4v) is 3.32. The number of anilines is 1. The van der Waals surface area contributed by atoms with Crippen molar-refractivity contribution in [3.63, 3.8) is 0 Å². The standard InChI is InChI=1S/C20H21ClFN3O/c1-5-24(20(26)12(2)3)18-9-15(22)6-7-16(18)17-8-14(21)11-25-13(4)23-10-19(17)25/h6-12H,5H2,1-4H3. The Labute approximate surface area is 157 Å². The molecule has 3 rings (SSSR count). The molecule has 4 nitrogen and oxygen atoms in total. The monoisotopic (exact) mass is 373 g/mol. The molecule has 0 aliphatic carbocycles. The Hall–Kier alpha value is -2.40. The number of imidazole rings is 1. The summed E-state index contributed by atoms with van der Waals surface area (Å²) in [6.45, 7) is 7.89. The molecule has 0 aliphatic heterocycles. The number of carbonyl (C=O) groups is 1. The second-order valence-corrected chi connectivity index (χ2v) is 6.97. The van der Waals surface area contributed by atoms with Crippen LogP contribution in [0.1, 0.15) is 26.6 Å². The van der Waals surface area contributed by atoms with Gasteiger partial charge in [-0.2, -0.15) is 0 Å². The van der Waals surface area contributed by atoms with E-state index in [1.54, 1.807) is 23.4 Å². The summed E-state index contributed by atoms with van der Waals surface area (Å²) in [5.41, 5.74) is 2.94. The summed E-state index contributed by atoms with van der Waals surface area (Å²) < 4.78 is 15.9. The maximum absolute atomic E-state index is 14.0. The van der Waals surface area contributed by atoms with Gasteiger partial charge in [-0.15, -0.1) is 0 Å². The van der Waals surface area contributed by atoms with E-state index < -0.39 is 0 Å². The summed E-state index contributed by atoms with van der Waals surface area (Å²) in [6.07, 6.45) is 3.55. The number of fused-ring (bicyclic) bond motifs is 1. The third kappa shape index (κ3) is 3.19. The van der Waals surface area contributed by atoms with E-state index in [0.29, 0.717) is 17.3 Å². The summed E-state index contributed by atoms with van der Waals surface area (Å²) in [5.74, 6) is 0.171. The van der Waals surface area contributed by atoms with Gasteiger partial charge in [-0.3, -0.25) is 4.79 Å². The normalized spacial score (nSPS) is 11.3. The van der Waals surface area contributed by atoms with Gasteiger partial charge in [-0.25, -0.2) is 9.37 Å². The molecule has 0 saturated heterocycles. The minimum Gasteiger partial charge on any atom is -0.312 e. The van der Waals surface area contributed by atoms with Crippen molar-refractivity contribution in [2.24, 2.45) is 5.92 Å². The Balaban J connectivity index is 2.29. The van der Waals surface area contributed by atoms with Gasteiger partial charge < -0.3 is 9.30 Å². The largest absolute Gasteiger partial charge is 0.312 e. The van der Waals surface area contributed by atoms with Gasteiger partial charge in [0.1, 0.15) is 11.6 Å². The summed E-state index contributed by atoms with van der Waals surface area (Å²) >= 11 is 6.31. The minimum absolute atomic E-state index is 0.0536. The van der Waals surface area contributed by atoms with Gasteiger partial charge in [0.15, 0.2) is 0 Å². The number of hydrogen-bond acceptors (Lipinski definition) is 2. The summed E-state index contributed by atoms with van der Waals surface area (Å²) in [7, 11) is 0. The molecule has 0 fully saturated rings. The van der Waals surface area contributed by atoms with E-state index in [2.05, 4.69) is 4.98 Å². The molecule has 0 atom stereocenters. The lowest BCUT2D eigenvalue weighted by atomic mass is 10.0. The first-order chi connectivity index (χ1) is 12.3. The van der Waals surface area contributed by atoms with Gasteiger partial charge in [-0.1, -0.05) is 25.4 Å². The van der Waals surface area contributed by atoms with E-state index in [1.165, 1.54) is 12.1 Å². The van der Waals surface area contributed by atoms with Crippen LogP contribution in [0.25, 0.3) is 16.6 Å². The molecule has 0 radical (unpaired) electrons. The average Bonchev–Trinajstić information content (AvgIpc) is 2.96. The molecule has 3 aromatic rings. The van der Waals surface area contributed by atoms with Crippen molar-refractivity contribution < 1.29 is 9.18 Å². The number of benzene rings is 1. The molecule has 1 aromatic carbocycles. The number of hydrogen-bond donors (Lipinski definition) is 0. The van der Waals surface area contributed by atoms with Crippen molar-refractivity contribution in [2.45, 2.75) is 27.7 Å². The van der Waals surface area contributed by atoms with Crippen molar-refractivity contribution in [1.29, 1.82) is 0 Å². The Morgan fingerprint density at radius 1 is 1.31 bits per heavy atom. The highest BCUT2D eigenvalue weighted by Gasteiger charge is 2.22. The van der Waals surface area contributed by atoms with Crippen LogP contribution in [0, 0.1) is 18.7 Å². The van der Waals surface area contributed by atoms with Crippen molar-refractivity contribution >= 4 is 28.7 Å². The van der Waals surface area contributed by atoms with E-state index in [-0.39, 0.29) is 17.6 Å². The summed E-state index contributed by atoms with van der Waals surface area (Å²) in [5, 5.41) is 0.544. The third-order valence-electron chi connectivity index (χ3n) is 4.41. The molecule has 2 heterocycles. The number of halogens is 2. The minimum atomic E-state index is -0.388. The molecule has 0 saturated carbocycles. The van der Waals surface area contributed by atoms with E-state index in [4.69, 9.17) is 11.6 Å². The molecule has 136 valence electrons. The number of amides is 1. The molecule has 1 amide bonds. The van der Waals surface area contributed by atoms with Gasteiger partial charge in [0.25, 0.3) is 0 Å². The number of aryl methyl sites for hydroxylation is 1. The molecule has 2 aromatic heterocycles. The third-order valence-corrected chi connectivity index (χ3v) is 4.62. The van der Waals surface area contributed by atoms with Gasteiger partial charge in [0, 0.05) is 29.8 Å². The van der Waals surface area contributed by atoms with Crippen LogP contribution < -0.4 is 4.90 Å². The van der Waals surface area contributed by atoms with Crippen molar-refractivity contribution in [3.05, 3.63) is 53.3 Å². The Kier molecular flexibility index (Phi) is 5.01. The second-order valence-electron chi connectivity index (χ2n) is 6.53. The quantitative estimate of drug-likeness (QED) is 0.637. The van der Waals surface area contributed by atoms with Crippen LogP contribution in [0.3, 0.4) is 0 Å². The average molecular weight is 374 g/mol. The predicted octanol–water partition coefficient (Wildman–Crippen LogP) is 5.11. The molecule has 0 aliphatic rings. The van der Waals surface area contributed by atoms with Gasteiger partial charge in [0.2, 0.25) is 5.91 Å². The van der Waals surface area contributed by atoms with Crippen LogP contribution in [0.15, 0.2) is 36.7 Å². The first-order valence-corrected chi connectivity index (χ1v) is 8.95. The zero-order valence-corrected chi connectivity index (χ0v) is 16.0. The van der Waals surface area contributed by atoms with Crippen molar-refractivity contribution in [1.82, 2.24) is 9.38 Å². The topological polar surface area (TPSA) is 37.6 Å².